The highest BCUT2D eigenvalue weighted by molar-refractivity contribution is 6.02. The number of nitrogens with one attached hydrogen (secondary N) is 2. The van der Waals surface area contributed by atoms with Crippen LogP contribution < -0.4 is 20.8 Å². The zero-order chi connectivity index (χ0) is 20.8. The molecule has 0 unspecified atom stereocenters. The summed E-state index contributed by atoms with van der Waals surface area (Å²) in [6.45, 7) is 3.26. The van der Waals surface area contributed by atoms with Gasteiger partial charge in [-0.15, -0.1) is 0 Å². The van der Waals surface area contributed by atoms with Crippen LogP contribution in [0, 0.1) is 0 Å². The molecular formula is C20H18N2O6-2. The number of carbonyl (C=O) groups is 4. The minimum Gasteiger partial charge on any atom is -0.545 e. The molecule has 0 saturated carbocycles. The van der Waals surface area contributed by atoms with Crippen molar-refractivity contribution in [2.75, 3.05) is 10.6 Å². The average Bonchev–Trinajstić information content (AvgIpc) is 2.67. The van der Waals surface area contributed by atoms with Crippen molar-refractivity contribution in [1.29, 1.82) is 0 Å². The maximum atomic E-state index is 11.5. The summed E-state index contributed by atoms with van der Waals surface area (Å²) in [6, 6.07) is 8.43. The fraction of sp³-hybridized carbons (Fsp3) is 0.200. The monoisotopic (exact) mass is 382 g/mol. The van der Waals surface area contributed by atoms with Gasteiger partial charge in [0.1, 0.15) is 0 Å². The summed E-state index contributed by atoms with van der Waals surface area (Å²) >= 11 is 0. The lowest BCUT2D eigenvalue weighted by molar-refractivity contribution is -0.256. The van der Waals surface area contributed by atoms with Crippen molar-refractivity contribution in [2.45, 2.75) is 26.7 Å². The summed E-state index contributed by atoms with van der Waals surface area (Å²) < 4.78 is 0. The Kier molecular flexibility index (Phi) is 6.49. The topological polar surface area (TPSA) is 138 Å². The number of hydrogen-bond donors (Lipinski definition) is 2. The smallest absolute Gasteiger partial charge is 0.224 e. The van der Waals surface area contributed by atoms with Gasteiger partial charge in [-0.25, -0.2) is 0 Å². The van der Waals surface area contributed by atoms with E-state index in [1.165, 1.54) is 36.4 Å². The van der Waals surface area contributed by atoms with Crippen LogP contribution in [0.3, 0.4) is 0 Å². The quantitative estimate of drug-likeness (QED) is 0.725. The minimum atomic E-state index is -1.49. The average molecular weight is 382 g/mol. The van der Waals surface area contributed by atoms with Crippen LogP contribution in [0.2, 0.25) is 0 Å². The maximum Gasteiger partial charge on any atom is 0.224 e. The maximum absolute atomic E-state index is 11.5. The molecule has 0 bridgehead atoms. The predicted octanol–water partition coefficient (Wildman–Crippen LogP) is 0.778. The molecule has 0 aliphatic carbocycles. The highest BCUT2D eigenvalue weighted by atomic mass is 16.4. The first-order valence-corrected chi connectivity index (χ1v) is 8.57. The SMILES string of the molecule is CCC(=O)Nc1ccc(-c2ccc(NC(=O)CC)c(C(=O)[O-])c2)cc1C(=O)[O-]. The third kappa shape index (κ3) is 4.73. The number of carboxylic acid groups (broad SMARTS) is 2. The number of amides is 2. The molecule has 2 amide bonds. The van der Waals surface area contributed by atoms with Crippen molar-refractivity contribution in [3.63, 3.8) is 0 Å². The van der Waals surface area contributed by atoms with Crippen molar-refractivity contribution in [3.05, 3.63) is 47.5 Å². The molecular weight excluding hydrogens is 364 g/mol. The van der Waals surface area contributed by atoms with E-state index in [-0.39, 0.29) is 47.2 Å². The fourth-order valence-corrected chi connectivity index (χ4v) is 2.48. The molecule has 28 heavy (non-hydrogen) atoms. The molecule has 0 spiro atoms. The molecule has 146 valence electrons. The van der Waals surface area contributed by atoms with Gasteiger partial charge in [-0.3, -0.25) is 9.59 Å². The Bertz CT molecular complexity index is 874. The van der Waals surface area contributed by atoms with Crippen LogP contribution in [0.15, 0.2) is 36.4 Å². The number of hydrogen-bond acceptors (Lipinski definition) is 6. The lowest BCUT2D eigenvalue weighted by atomic mass is 9.99. The number of benzene rings is 2. The van der Waals surface area contributed by atoms with E-state index in [2.05, 4.69) is 10.6 Å². The zero-order valence-corrected chi connectivity index (χ0v) is 15.3. The third-order valence-electron chi connectivity index (χ3n) is 4.00. The summed E-state index contributed by atoms with van der Waals surface area (Å²) in [5, 5.41) is 27.8. The van der Waals surface area contributed by atoms with Crippen LogP contribution in [-0.2, 0) is 9.59 Å². The Labute approximate surface area is 161 Å². The van der Waals surface area contributed by atoms with Crippen LogP contribution in [0.25, 0.3) is 11.1 Å². The summed E-state index contributed by atoms with van der Waals surface area (Å²) in [4.78, 5) is 46.0. The van der Waals surface area contributed by atoms with E-state index in [0.29, 0.717) is 11.1 Å². The number of carboxylic acids is 2. The van der Waals surface area contributed by atoms with Crippen molar-refractivity contribution in [1.82, 2.24) is 0 Å². The molecule has 2 aromatic carbocycles. The summed E-state index contributed by atoms with van der Waals surface area (Å²) in [7, 11) is 0. The number of anilines is 2. The second-order valence-electron chi connectivity index (χ2n) is 5.90. The van der Waals surface area contributed by atoms with Gasteiger partial charge in [0.25, 0.3) is 0 Å². The van der Waals surface area contributed by atoms with Gasteiger partial charge in [0.15, 0.2) is 0 Å². The molecule has 8 heteroatoms. The molecule has 0 aliphatic heterocycles. The number of aromatic carboxylic acids is 2. The Morgan fingerprint density at radius 3 is 1.36 bits per heavy atom. The van der Waals surface area contributed by atoms with Gasteiger partial charge in [-0.05, 0) is 35.4 Å². The van der Waals surface area contributed by atoms with Gasteiger partial charge in [-0.2, -0.15) is 0 Å². The van der Waals surface area contributed by atoms with Gasteiger partial charge in [0, 0.05) is 35.3 Å². The Morgan fingerprint density at radius 2 is 1.07 bits per heavy atom. The van der Waals surface area contributed by atoms with E-state index < -0.39 is 11.9 Å². The summed E-state index contributed by atoms with van der Waals surface area (Å²) in [5.74, 6) is -3.68. The van der Waals surface area contributed by atoms with Crippen molar-refractivity contribution >= 4 is 35.1 Å². The van der Waals surface area contributed by atoms with Crippen molar-refractivity contribution in [3.8, 4) is 11.1 Å². The second-order valence-corrected chi connectivity index (χ2v) is 5.90. The molecule has 2 aromatic rings. The van der Waals surface area contributed by atoms with Crippen LogP contribution >= 0.6 is 0 Å². The Hall–Kier alpha value is -3.68. The largest absolute Gasteiger partial charge is 0.545 e. The molecule has 0 fully saturated rings. The lowest BCUT2D eigenvalue weighted by Crippen LogP contribution is -2.25. The standard InChI is InChI=1S/C20H20N2O6/c1-3-17(23)21-15-7-5-11(9-13(15)19(25)26)12-6-8-16(22-18(24)4-2)14(10-12)20(27)28/h5-10H,3-4H2,1-2H3,(H,21,23)(H,22,24)(H,25,26)(H,27,28)/p-2. The van der Waals surface area contributed by atoms with Crippen LogP contribution in [0.1, 0.15) is 47.4 Å². The highest BCUT2D eigenvalue weighted by Crippen LogP contribution is 2.28. The van der Waals surface area contributed by atoms with Gasteiger partial charge in [0.05, 0.1) is 11.9 Å². The molecule has 2 N–H and O–H groups in total. The van der Waals surface area contributed by atoms with Gasteiger partial charge >= 0.3 is 0 Å². The molecule has 0 heterocycles. The molecule has 8 nitrogen and oxygen atoms in total. The van der Waals surface area contributed by atoms with E-state index in [1.807, 2.05) is 0 Å². The van der Waals surface area contributed by atoms with E-state index in [0.717, 1.165) is 0 Å². The second kappa shape index (κ2) is 8.81. The number of carbonyl (C=O) groups excluding carboxylic acids is 4. The molecule has 2 rings (SSSR count). The van der Waals surface area contributed by atoms with Crippen LogP contribution in [-0.4, -0.2) is 23.8 Å². The summed E-state index contributed by atoms with van der Waals surface area (Å²) in [6.07, 6.45) is 0.350. The first kappa shape index (κ1) is 20.6. The van der Waals surface area contributed by atoms with Crippen molar-refractivity contribution in [2.24, 2.45) is 0 Å². The molecule has 0 aromatic heterocycles. The van der Waals surface area contributed by atoms with E-state index in [4.69, 9.17) is 0 Å². The van der Waals surface area contributed by atoms with Gasteiger partial charge in [-0.1, -0.05) is 26.0 Å². The molecule has 0 aliphatic rings. The van der Waals surface area contributed by atoms with Crippen molar-refractivity contribution < 1.29 is 29.4 Å². The first-order valence-electron chi connectivity index (χ1n) is 8.57. The zero-order valence-electron chi connectivity index (χ0n) is 15.3. The van der Waals surface area contributed by atoms with E-state index >= 15 is 0 Å². The van der Waals surface area contributed by atoms with Crippen LogP contribution in [0.5, 0.6) is 0 Å². The van der Waals surface area contributed by atoms with E-state index in [1.54, 1.807) is 13.8 Å². The minimum absolute atomic E-state index is 0.0857. The molecule has 0 saturated heterocycles. The Balaban J connectivity index is 2.49. The number of rotatable bonds is 7. The van der Waals surface area contributed by atoms with Gasteiger partial charge in [0.2, 0.25) is 11.8 Å². The van der Waals surface area contributed by atoms with Gasteiger partial charge < -0.3 is 30.4 Å². The molecule has 0 radical (unpaired) electrons. The first-order chi connectivity index (χ1) is 13.3. The highest BCUT2D eigenvalue weighted by Gasteiger charge is 2.12. The van der Waals surface area contributed by atoms with Crippen LogP contribution in [0.4, 0.5) is 11.4 Å². The fourth-order valence-electron chi connectivity index (χ4n) is 2.48. The summed E-state index contributed by atoms with van der Waals surface area (Å²) in [5.41, 5.74) is 0.481. The normalized spacial score (nSPS) is 10.2. The predicted molar refractivity (Wildman–Crippen MR) is 98.4 cm³/mol. The molecule has 0 atom stereocenters. The lowest BCUT2D eigenvalue weighted by Gasteiger charge is -2.16. The Morgan fingerprint density at radius 1 is 0.714 bits per heavy atom. The van der Waals surface area contributed by atoms with E-state index in [9.17, 15) is 29.4 Å². The third-order valence-corrected chi connectivity index (χ3v) is 4.00.